The van der Waals surface area contributed by atoms with Crippen LogP contribution in [-0.2, 0) is 13.5 Å². The zero-order valence-corrected chi connectivity index (χ0v) is 12.8. The first-order valence-corrected chi connectivity index (χ1v) is 6.85. The largest absolute Gasteiger partial charge is 0.324 e. The van der Waals surface area contributed by atoms with E-state index >= 15 is 0 Å². The van der Waals surface area contributed by atoms with Crippen molar-refractivity contribution in [2.24, 2.45) is 12.8 Å². The molecule has 3 nitrogen and oxygen atoms in total. The maximum atomic E-state index is 6.24. The van der Waals surface area contributed by atoms with Crippen LogP contribution >= 0.6 is 23.2 Å². The topological polar surface area (TPSA) is 43.8 Å². The van der Waals surface area contributed by atoms with Crippen molar-refractivity contribution in [3.63, 3.8) is 0 Å². The van der Waals surface area contributed by atoms with Crippen LogP contribution in [0, 0.1) is 13.8 Å². The second-order valence-corrected chi connectivity index (χ2v) is 5.56. The van der Waals surface area contributed by atoms with Crippen molar-refractivity contribution in [3.8, 4) is 0 Å². The second kappa shape index (κ2) is 5.53. The average Bonchev–Trinajstić information content (AvgIpc) is 2.59. The Morgan fingerprint density at radius 2 is 2.00 bits per heavy atom. The van der Waals surface area contributed by atoms with Crippen molar-refractivity contribution < 1.29 is 0 Å². The van der Waals surface area contributed by atoms with Gasteiger partial charge in [-0.1, -0.05) is 35.3 Å². The Kier molecular flexibility index (Phi) is 4.19. The van der Waals surface area contributed by atoms with Crippen molar-refractivity contribution in [2.75, 3.05) is 0 Å². The Morgan fingerprint density at radius 1 is 1.32 bits per heavy atom. The fourth-order valence-electron chi connectivity index (χ4n) is 2.08. The highest BCUT2D eigenvalue weighted by Crippen LogP contribution is 2.26. The van der Waals surface area contributed by atoms with E-state index in [4.69, 9.17) is 28.9 Å². The van der Waals surface area contributed by atoms with E-state index < -0.39 is 0 Å². The Balaban J connectivity index is 2.25. The lowest BCUT2D eigenvalue weighted by atomic mass is 9.99. The molecule has 0 fully saturated rings. The molecule has 0 aliphatic carbocycles. The smallest absolute Gasteiger partial charge is 0.130 e. The summed E-state index contributed by atoms with van der Waals surface area (Å²) in [7, 11) is 1.83. The van der Waals surface area contributed by atoms with Crippen molar-refractivity contribution in [3.05, 3.63) is 50.8 Å². The van der Waals surface area contributed by atoms with Crippen molar-refractivity contribution in [2.45, 2.75) is 26.3 Å². The van der Waals surface area contributed by atoms with Gasteiger partial charge in [0.25, 0.3) is 0 Å². The molecule has 2 aromatic rings. The third kappa shape index (κ3) is 2.94. The number of halogens is 2. The minimum Gasteiger partial charge on any atom is -0.324 e. The molecule has 0 saturated heterocycles. The predicted octanol–water partition coefficient (Wildman–Crippen LogP) is 3.59. The molecule has 5 heteroatoms. The van der Waals surface area contributed by atoms with Crippen LogP contribution in [0.3, 0.4) is 0 Å². The normalized spacial score (nSPS) is 12.7. The number of nitrogens with two attached hydrogens (primary N) is 1. The molecule has 2 N–H and O–H groups in total. The molecule has 0 bridgehead atoms. The third-order valence-electron chi connectivity index (χ3n) is 3.32. The number of benzene rings is 1. The standard InChI is InChI=1S/C14H17Cl2N3/c1-8-4-5-10(6-12(8)15)13(17)7-11-9(2)18-19(3)14(11)16/h4-6,13H,7,17H2,1-3H3. The first-order valence-electron chi connectivity index (χ1n) is 6.09. The van der Waals surface area contributed by atoms with Gasteiger partial charge in [0.1, 0.15) is 5.15 Å². The summed E-state index contributed by atoms with van der Waals surface area (Å²) in [4.78, 5) is 0. The van der Waals surface area contributed by atoms with Crippen molar-refractivity contribution in [1.82, 2.24) is 9.78 Å². The van der Waals surface area contributed by atoms with Crippen LogP contribution in [0.4, 0.5) is 0 Å². The summed E-state index contributed by atoms with van der Waals surface area (Å²) in [6.07, 6.45) is 0.651. The number of rotatable bonds is 3. The van der Waals surface area contributed by atoms with Gasteiger partial charge in [0.05, 0.1) is 5.69 Å². The van der Waals surface area contributed by atoms with Gasteiger partial charge >= 0.3 is 0 Å². The number of aromatic nitrogens is 2. The van der Waals surface area contributed by atoms with Gasteiger partial charge in [-0.05, 0) is 37.5 Å². The summed E-state index contributed by atoms with van der Waals surface area (Å²) in [5.74, 6) is 0. The molecule has 1 heterocycles. The lowest BCUT2D eigenvalue weighted by molar-refractivity contribution is 0.718. The van der Waals surface area contributed by atoms with Crippen LogP contribution in [-0.4, -0.2) is 9.78 Å². The highest BCUT2D eigenvalue weighted by molar-refractivity contribution is 6.31. The Hall–Kier alpha value is -1.03. The van der Waals surface area contributed by atoms with E-state index in [0.29, 0.717) is 11.6 Å². The first kappa shape index (κ1) is 14.4. The van der Waals surface area contributed by atoms with Crippen LogP contribution in [0.2, 0.25) is 10.2 Å². The molecule has 1 aromatic carbocycles. The van der Waals surface area contributed by atoms with Gasteiger partial charge in [-0.3, -0.25) is 4.68 Å². The van der Waals surface area contributed by atoms with E-state index in [0.717, 1.165) is 27.4 Å². The third-order valence-corrected chi connectivity index (χ3v) is 4.20. The number of hydrogen-bond donors (Lipinski definition) is 1. The van der Waals surface area contributed by atoms with Gasteiger partial charge in [-0.25, -0.2) is 0 Å². The fourth-order valence-corrected chi connectivity index (χ4v) is 2.52. The van der Waals surface area contributed by atoms with Crippen LogP contribution in [0.5, 0.6) is 0 Å². The van der Waals surface area contributed by atoms with Crippen LogP contribution in [0.15, 0.2) is 18.2 Å². The van der Waals surface area contributed by atoms with Gasteiger partial charge in [-0.2, -0.15) is 5.10 Å². The number of aryl methyl sites for hydroxylation is 3. The SMILES string of the molecule is Cc1ccc(C(N)Cc2c(C)nn(C)c2Cl)cc1Cl. The molecule has 0 amide bonds. The highest BCUT2D eigenvalue weighted by Gasteiger charge is 2.16. The molecule has 0 aliphatic rings. The monoisotopic (exact) mass is 297 g/mol. The maximum absolute atomic E-state index is 6.24. The van der Waals surface area contributed by atoms with Gasteiger partial charge in [0.15, 0.2) is 0 Å². The predicted molar refractivity (Wildman–Crippen MR) is 79.8 cm³/mol. The number of hydrogen-bond acceptors (Lipinski definition) is 2. The summed E-state index contributed by atoms with van der Waals surface area (Å²) in [5, 5.41) is 5.67. The molecule has 0 radical (unpaired) electrons. The Morgan fingerprint density at radius 3 is 2.53 bits per heavy atom. The van der Waals surface area contributed by atoms with Gasteiger partial charge in [0.2, 0.25) is 0 Å². The minimum absolute atomic E-state index is 0.140. The lowest BCUT2D eigenvalue weighted by Gasteiger charge is -2.13. The molecule has 19 heavy (non-hydrogen) atoms. The van der Waals surface area contributed by atoms with Crippen molar-refractivity contribution >= 4 is 23.2 Å². The summed E-state index contributed by atoms with van der Waals surface area (Å²) >= 11 is 12.4. The molecular formula is C14H17Cl2N3. The van der Waals surface area contributed by atoms with Gasteiger partial charge in [-0.15, -0.1) is 0 Å². The maximum Gasteiger partial charge on any atom is 0.130 e. The minimum atomic E-state index is -0.140. The van der Waals surface area contributed by atoms with Gasteiger partial charge in [0, 0.05) is 23.7 Å². The molecule has 1 unspecified atom stereocenters. The quantitative estimate of drug-likeness (QED) is 0.941. The van der Waals surface area contributed by atoms with Crippen LogP contribution in [0.25, 0.3) is 0 Å². The molecule has 2 rings (SSSR count). The molecule has 1 atom stereocenters. The van der Waals surface area contributed by atoms with E-state index in [-0.39, 0.29) is 6.04 Å². The van der Waals surface area contributed by atoms with E-state index in [1.165, 1.54) is 0 Å². The summed E-state index contributed by atoms with van der Waals surface area (Å²) < 4.78 is 1.67. The van der Waals surface area contributed by atoms with Crippen molar-refractivity contribution in [1.29, 1.82) is 0 Å². The molecule has 0 aliphatic heterocycles. The van der Waals surface area contributed by atoms with E-state index in [1.54, 1.807) is 4.68 Å². The molecule has 1 aromatic heterocycles. The van der Waals surface area contributed by atoms with E-state index in [1.807, 2.05) is 39.1 Å². The summed E-state index contributed by atoms with van der Waals surface area (Å²) in [6, 6.07) is 5.76. The average molecular weight is 298 g/mol. The van der Waals surface area contributed by atoms with Crippen LogP contribution < -0.4 is 5.73 Å². The number of nitrogens with zero attached hydrogens (tertiary/aromatic N) is 2. The summed E-state index contributed by atoms with van der Waals surface area (Å²) in [6.45, 7) is 3.91. The zero-order valence-electron chi connectivity index (χ0n) is 11.2. The van der Waals surface area contributed by atoms with E-state index in [9.17, 15) is 0 Å². The Labute approximate surface area is 123 Å². The molecule has 0 spiro atoms. The first-order chi connectivity index (χ1) is 8.90. The molecule has 102 valence electrons. The zero-order chi connectivity index (χ0) is 14.2. The lowest BCUT2D eigenvalue weighted by Crippen LogP contribution is -2.14. The molecule has 0 saturated carbocycles. The fraction of sp³-hybridized carbons (Fsp3) is 0.357. The Bertz CT molecular complexity index is 605. The molecular weight excluding hydrogens is 281 g/mol. The van der Waals surface area contributed by atoms with Crippen LogP contribution in [0.1, 0.15) is 28.4 Å². The van der Waals surface area contributed by atoms with Gasteiger partial charge < -0.3 is 5.73 Å². The highest BCUT2D eigenvalue weighted by atomic mass is 35.5. The second-order valence-electron chi connectivity index (χ2n) is 4.80. The van der Waals surface area contributed by atoms with E-state index in [2.05, 4.69) is 5.10 Å². The summed E-state index contributed by atoms with van der Waals surface area (Å²) in [5.41, 5.74) is 10.2.